The van der Waals surface area contributed by atoms with Crippen molar-refractivity contribution in [2.45, 2.75) is 20.0 Å². The Morgan fingerprint density at radius 3 is 2.88 bits per heavy atom. The van der Waals surface area contributed by atoms with E-state index in [0.717, 1.165) is 19.5 Å². The molecule has 0 bridgehead atoms. The summed E-state index contributed by atoms with van der Waals surface area (Å²) >= 11 is 0. The average Bonchev–Trinajstić information content (AvgIpc) is 2.33. The SMILES string of the molecule is CCCNCCOCc1cc(F)cc(C#N)c1. The van der Waals surface area contributed by atoms with Gasteiger partial charge in [-0.15, -0.1) is 0 Å². The topological polar surface area (TPSA) is 45.0 Å². The van der Waals surface area contributed by atoms with Crippen LogP contribution in [0.1, 0.15) is 24.5 Å². The van der Waals surface area contributed by atoms with E-state index in [1.165, 1.54) is 12.1 Å². The molecule has 0 saturated heterocycles. The Bertz CT molecular complexity index is 387. The summed E-state index contributed by atoms with van der Waals surface area (Å²) in [5.74, 6) is -0.397. The Labute approximate surface area is 101 Å². The smallest absolute Gasteiger partial charge is 0.124 e. The van der Waals surface area contributed by atoms with Gasteiger partial charge in [0.2, 0.25) is 0 Å². The Morgan fingerprint density at radius 1 is 1.35 bits per heavy atom. The third-order valence-corrected chi connectivity index (χ3v) is 2.21. The van der Waals surface area contributed by atoms with Gasteiger partial charge in [0.1, 0.15) is 5.82 Å². The molecule has 0 atom stereocenters. The van der Waals surface area contributed by atoms with E-state index in [-0.39, 0.29) is 0 Å². The largest absolute Gasteiger partial charge is 0.375 e. The lowest BCUT2D eigenvalue weighted by atomic mass is 10.1. The number of hydrogen-bond donors (Lipinski definition) is 1. The Kier molecular flexibility index (Phi) is 6.23. The van der Waals surface area contributed by atoms with Gasteiger partial charge in [-0.25, -0.2) is 4.39 Å². The molecule has 92 valence electrons. The normalized spacial score (nSPS) is 10.2. The number of halogens is 1. The maximum absolute atomic E-state index is 13.1. The molecule has 0 aliphatic rings. The van der Waals surface area contributed by atoms with Crippen LogP contribution in [0.5, 0.6) is 0 Å². The predicted molar refractivity (Wildman–Crippen MR) is 63.9 cm³/mol. The molecule has 0 amide bonds. The molecule has 3 nitrogen and oxygen atoms in total. The fourth-order valence-electron chi connectivity index (χ4n) is 1.43. The maximum atomic E-state index is 13.1. The number of benzene rings is 1. The van der Waals surface area contributed by atoms with Gasteiger partial charge in [0.05, 0.1) is 24.8 Å². The zero-order valence-corrected chi connectivity index (χ0v) is 10.0. The van der Waals surface area contributed by atoms with Crippen molar-refractivity contribution in [3.63, 3.8) is 0 Å². The summed E-state index contributed by atoms with van der Waals surface area (Å²) in [6, 6.07) is 6.16. The summed E-state index contributed by atoms with van der Waals surface area (Å²) in [6.45, 7) is 4.78. The summed E-state index contributed by atoms with van der Waals surface area (Å²) in [4.78, 5) is 0. The van der Waals surface area contributed by atoms with Gasteiger partial charge in [0, 0.05) is 6.54 Å². The Hall–Kier alpha value is -1.44. The van der Waals surface area contributed by atoms with E-state index in [4.69, 9.17) is 10.00 Å². The van der Waals surface area contributed by atoms with E-state index in [1.54, 1.807) is 6.07 Å². The van der Waals surface area contributed by atoms with Gasteiger partial charge in [-0.1, -0.05) is 6.92 Å². The molecule has 0 spiro atoms. The molecule has 4 heteroatoms. The Morgan fingerprint density at radius 2 is 2.18 bits per heavy atom. The average molecular weight is 236 g/mol. The molecule has 0 unspecified atom stereocenters. The molecular formula is C13H17FN2O. The van der Waals surface area contributed by atoms with Gasteiger partial charge in [-0.3, -0.25) is 0 Å². The highest BCUT2D eigenvalue weighted by Gasteiger charge is 2.00. The van der Waals surface area contributed by atoms with Crippen molar-refractivity contribution in [3.05, 3.63) is 35.1 Å². The van der Waals surface area contributed by atoms with Crippen LogP contribution in [0, 0.1) is 17.1 Å². The molecule has 1 aromatic carbocycles. The van der Waals surface area contributed by atoms with Crippen LogP contribution >= 0.6 is 0 Å². The molecule has 1 N–H and O–H groups in total. The molecule has 1 aromatic rings. The van der Waals surface area contributed by atoms with Gasteiger partial charge in [0.25, 0.3) is 0 Å². The fourth-order valence-corrected chi connectivity index (χ4v) is 1.43. The van der Waals surface area contributed by atoms with Crippen molar-refractivity contribution in [2.24, 2.45) is 0 Å². The van der Waals surface area contributed by atoms with E-state index in [0.29, 0.717) is 24.3 Å². The molecule has 0 radical (unpaired) electrons. The van der Waals surface area contributed by atoms with E-state index in [1.807, 2.05) is 6.07 Å². The van der Waals surface area contributed by atoms with E-state index >= 15 is 0 Å². The molecule has 1 rings (SSSR count). The minimum atomic E-state index is -0.397. The molecule has 0 aliphatic heterocycles. The first-order chi connectivity index (χ1) is 8.26. The first-order valence-corrected chi connectivity index (χ1v) is 5.74. The van der Waals surface area contributed by atoms with Crippen LogP contribution in [0.15, 0.2) is 18.2 Å². The number of hydrogen-bond acceptors (Lipinski definition) is 3. The zero-order chi connectivity index (χ0) is 12.5. The van der Waals surface area contributed by atoms with Gasteiger partial charge in [-0.05, 0) is 36.7 Å². The van der Waals surface area contributed by atoms with Crippen molar-refractivity contribution in [2.75, 3.05) is 19.7 Å². The van der Waals surface area contributed by atoms with Crippen LogP contribution in [0.4, 0.5) is 4.39 Å². The van der Waals surface area contributed by atoms with E-state index < -0.39 is 5.82 Å². The van der Waals surface area contributed by atoms with Crippen molar-refractivity contribution < 1.29 is 9.13 Å². The fraction of sp³-hybridized carbons (Fsp3) is 0.462. The minimum Gasteiger partial charge on any atom is -0.375 e. The lowest BCUT2D eigenvalue weighted by Crippen LogP contribution is -2.20. The lowest BCUT2D eigenvalue weighted by molar-refractivity contribution is 0.122. The molecule has 0 saturated carbocycles. The Balaban J connectivity index is 2.32. The predicted octanol–water partition coefficient (Wildman–Crippen LogP) is 2.21. The molecular weight excluding hydrogens is 219 g/mol. The van der Waals surface area contributed by atoms with Crippen molar-refractivity contribution in [1.82, 2.24) is 5.32 Å². The second-order valence-electron chi connectivity index (χ2n) is 3.76. The second kappa shape index (κ2) is 7.77. The highest BCUT2D eigenvalue weighted by molar-refractivity contribution is 5.33. The number of nitrogens with zero attached hydrogens (tertiary/aromatic N) is 1. The molecule has 0 heterocycles. The first-order valence-electron chi connectivity index (χ1n) is 5.74. The van der Waals surface area contributed by atoms with E-state index in [9.17, 15) is 4.39 Å². The highest BCUT2D eigenvalue weighted by Crippen LogP contribution is 2.09. The molecule has 17 heavy (non-hydrogen) atoms. The highest BCUT2D eigenvalue weighted by atomic mass is 19.1. The molecule has 0 aliphatic carbocycles. The summed E-state index contributed by atoms with van der Waals surface area (Å²) in [5.41, 5.74) is 1.02. The quantitative estimate of drug-likeness (QED) is 0.738. The van der Waals surface area contributed by atoms with Gasteiger partial charge < -0.3 is 10.1 Å². The molecule has 0 aromatic heterocycles. The number of ether oxygens (including phenoxy) is 1. The van der Waals surface area contributed by atoms with Crippen LogP contribution in [0.25, 0.3) is 0 Å². The maximum Gasteiger partial charge on any atom is 0.124 e. The third kappa shape index (κ3) is 5.43. The summed E-state index contributed by atoms with van der Waals surface area (Å²) in [5, 5.41) is 11.9. The van der Waals surface area contributed by atoms with Crippen molar-refractivity contribution in [1.29, 1.82) is 5.26 Å². The van der Waals surface area contributed by atoms with Gasteiger partial charge >= 0.3 is 0 Å². The summed E-state index contributed by atoms with van der Waals surface area (Å²) in [6.07, 6.45) is 1.09. The second-order valence-corrected chi connectivity index (χ2v) is 3.76. The van der Waals surface area contributed by atoms with Crippen molar-refractivity contribution >= 4 is 0 Å². The number of nitrogens with one attached hydrogen (secondary N) is 1. The third-order valence-electron chi connectivity index (χ3n) is 2.21. The zero-order valence-electron chi connectivity index (χ0n) is 10.0. The monoisotopic (exact) mass is 236 g/mol. The van der Waals surface area contributed by atoms with Gasteiger partial charge in [0.15, 0.2) is 0 Å². The standard InChI is InChI=1S/C13H17FN2O/c1-2-3-16-4-5-17-10-12-6-11(9-15)7-13(14)8-12/h6-8,16H,2-5,10H2,1H3. The van der Waals surface area contributed by atoms with Gasteiger partial charge in [-0.2, -0.15) is 5.26 Å². The van der Waals surface area contributed by atoms with Crippen LogP contribution in [0.3, 0.4) is 0 Å². The van der Waals surface area contributed by atoms with Crippen LogP contribution in [-0.4, -0.2) is 19.7 Å². The number of rotatable bonds is 7. The van der Waals surface area contributed by atoms with E-state index in [2.05, 4.69) is 12.2 Å². The van der Waals surface area contributed by atoms with Crippen molar-refractivity contribution in [3.8, 4) is 6.07 Å². The van der Waals surface area contributed by atoms with Crippen LogP contribution in [-0.2, 0) is 11.3 Å². The molecule has 0 fully saturated rings. The summed E-state index contributed by atoms with van der Waals surface area (Å²) < 4.78 is 18.5. The summed E-state index contributed by atoms with van der Waals surface area (Å²) in [7, 11) is 0. The minimum absolute atomic E-state index is 0.327. The van der Waals surface area contributed by atoms with Crippen LogP contribution in [0.2, 0.25) is 0 Å². The number of nitriles is 1. The first kappa shape index (κ1) is 13.6. The lowest BCUT2D eigenvalue weighted by Gasteiger charge is -2.06. The van der Waals surface area contributed by atoms with Crippen LogP contribution < -0.4 is 5.32 Å².